The lowest BCUT2D eigenvalue weighted by molar-refractivity contribution is -0.119. The van der Waals surface area contributed by atoms with E-state index in [9.17, 15) is 14.0 Å². The molecular formula is C28H35FN4O3. The van der Waals surface area contributed by atoms with Gasteiger partial charge in [0, 0.05) is 63.1 Å². The zero-order valence-electron chi connectivity index (χ0n) is 20.8. The second-order valence-corrected chi connectivity index (χ2v) is 10.00. The SMILES string of the molecule is O=C(Nc1ccc(N2CCN(Cc3ccc(F)cc3)CC2)c(C(=O)N2CCOCC2)c1)C1CCCC1. The van der Waals surface area contributed by atoms with Gasteiger partial charge in [-0.15, -0.1) is 0 Å². The summed E-state index contributed by atoms with van der Waals surface area (Å²) in [6.45, 7) is 6.29. The summed E-state index contributed by atoms with van der Waals surface area (Å²) < 4.78 is 18.7. The zero-order valence-corrected chi connectivity index (χ0v) is 20.8. The third-order valence-corrected chi connectivity index (χ3v) is 7.55. The number of nitrogens with one attached hydrogen (secondary N) is 1. The molecule has 5 rings (SSSR count). The number of amides is 2. The maximum absolute atomic E-state index is 13.6. The van der Waals surface area contributed by atoms with Crippen LogP contribution < -0.4 is 10.2 Å². The Morgan fingerprint density at radius 2 is 1.61 bits per heavy atom. The van der Waals surface area contributed by atoms with Crippen molar-refractivity contribution in [2.24, 2.45) is 5.92 Å². The minimum Gasteiger partial charge on any atom is -0.378 e. The van der Waals surface area contributed by atoms with Crippen molar-refractivity contribution in [3.8, 4) is 0 Å². The minimum atomic E-state index is -0.219. The highest BCUT2D eigenvalue weighted by Gasteiger charge is 2.27. The lowest BCUT2D eigenvalue weighted by Gasteiger charge is -2.37. The van der Waals surface area contributed by atoms with E-state index in [0.717, 1.165) is 69.7 Å². The van der Waals surface area contributed by atoms with Gasteiger partial charge in [0.25, 0.3) is 5.91 Å². The Hall–Kier alpha value is -2.97. The van der Waals surface area contributed by atoms with Gasteiger partial charge in [0.1, 0.15) is 5.82 Å². The topological polar surface area (TPSA) is 65.1 Å². The molecular weight excluding hydrogens is 459 g/mol. The van der Waals surface area contributed by atoms with Gasteiger partial charge in [0.05, 0.1) is 18.8 Å². The summed E-state index contributed by atoms with van der Waals surface area (Å²) in [4.78, 5) is 32.8. The standard InChI is InChI=1S/C28H35FN4O3/c29-23-7-5-21(6-8-23)20-31-11-13-32(14-12-31)26-10-9-24(30-27(34)22-3-1-2-4-22)19-25(26)28(35)33-15-17-36-18-16-33/h5-10,19,22H,1-4,11-18,20H2,(H,30,34). The Morgan fingerprint density at radius 3 is 2.31 bits per heavy atom. The summed E-state index contributed by atoms with van der Waals surface area (Å²) in [5.41, 5.74) is 3.32. The van der Waals surface area contributed by atoms with Gasteiger partial charge in [0.15, 0.2) is 0 Å². The molecule has 0 radical (unpaired) electrons. The molecule has 2 saturated heterocycles. The number of anilines is 2. The highest BCUT2D eigenvalue weighted by atomic mass is 19.1. The zero-order chi connectivity index (χ0) is 24.9. The van der Waals surface area contributed by atoms with Crippen molar-refractivity contribution in [1.82, 2.24) is 9.80 Å². The molecule has 1 saturated carbocycles. The monoisotopic (exact) mass is 494 g/mol. The first-order chi connectivity index (χ1) is 17.6. The maximum Gasteiger partial charge on any atom is 0.256 e. The van der Waals surface area contributed by atoms with Crippen LogP contribution in [-0.4, -0.2) is 74.1 Å². The van der Waals surface area contributed by atoms with Crippen molar-refractivity contribution in [2.75, 3.05) is 62.7 Å². The van der Waals surface area contributed by atoms with Crippen LogP contribution in [0.1, 0.15) is 41.6 Å². The molecule has 1 aliphatic carbocycles. The fraction of sp³-hybridized carbons (Fsp3) is 0.500. The van der Waals surface area contributed by atoms with E-state index in [-0.39, 0.29) is 23.5 Å². The summed E-state index contributed by atoms with van der Waals surface area (Å²) in [6.07, 6.45) is 4.08. The van der Waals surface area contributed by atoms with Crippen LogP contribution in [0, 0.1) is 11.7 Å². The molecule has 2 amide bonds. The second-order valence-electron chi connectivity index (χ2n) is 10.00. The number of hydrogen-bond donors (Lipinski definition) is 1. The molecule has 0 aromatic heterocycles. The molecule has 2 aromatic rings. The lowest BCUT2D eigenvalue weighted by Crippen LogP contribution is -2.47. The summed E-state index contributed by atoms with van der Waals surface area (Å²) in [5, 5.41) is 3.06. The van der Waals surface area contributed by atoms with Crippen molar-refractivity contribution in [1.29, 1.82) is 0 Å². The first kappa shape index (κ1) is 24.7. The Morgan fingerprint density at radius 1 is 0.917 bits per heavy atom. The van der Waals surface area contributed by atoms with Gasteiger partial charge in [-0.1, -0.05) is 25.0 Å². The van der Waals surface area contributed by atoms with Crippen LogP contribution in [0.5, 0.6) is 0 Å². The molecule has 2 heterocycles. The van der Waals surface area contributed by atoms with Crippen molar-refractivity contribution < 1.29 is 18.7 Å². The van der Waals surface area contributed by atoms with Crippen LogP contribution in [0.3, 0.4) is 0 Å². The number of benzene rings is 2. The van der Waals surface area contributed by atoms with E-state index in [1.807, 2.05) is 35.2 Å². The number of halogens is 1. The smallest absolute Gasteiger partial charge is 0.256 e. The molecule has 0 bridgehead atoms. The van der Waals surface area contributed by atoms with E-state index in [4.69, 9.17) is 4.74 Å². The van der Waals surface area contributed by atoms with E-state index < -0.39 is 0 Å². The molecule has 3 fully saturated rings. The van der Waals surface area contributed by atoms with Crippen molar-refractivity contribution in [3.05, 3.63) is 59.4 Å². The van der Waals surface area contributed by atoms with Gasteiger partial charge in [-0.05, 0) is 48.7 Å². The molecule has 0 spiro atoms. The molecule has 7 nitrogen and oxygen atoms in total. The average Bonchev–Trinajstić information content (AvgIpc) is 3.46. The number of ether oxygens (including phenoxy) is 1. The fourth-order valence-electron chi connectivity index (χ4n) is 5.42. The summed E-state index contributed by atoms with van der Waals surface area (Å²) in [6, 6.07) is 12.4. The highest BCUT2D eigenvalue weighted by Crippen LogP contribution is 2.30. The largest absolute Gasteiger partial charge is 0.378 e. The number of piperazine rings is 1. The Balaban J connectivity index is 1.30. The minimum absolute atomic E-state index is 0.0148. The third kappa shape index (κ3) is 5.87. The highest BCUT2D eigenvalue weighted by molar-refractivity contribution is 6.02. The summed E-state index contributed by atoms with van der Waals surface area (Å²) >= 11 is 0. The van der Waals surface area contributed by atoms with E-state index in [2.05, 4.69) is 15.1 Å². The van der Waals surface area contributed by atoms with Gasteiger partial charge in [-0.3, -0.25) is 14.5 Å². The molecule has 2 aliphatic heterocycles. The van der Waals surface area contributed by atoms with E-state index in [1.54, 1.807) is 0 Å². The van der Waals surface area contributed by atoms with Crippen LogP contribution in [0.4, 0.5) is 15.8 Å². The van der Waals surface area contributed by atoms with Crippen molar-refractivity contribution >= 4 is 23.2 Å². The molecule has 2 aromatic carbocycles. The quantitative estimate of drug-likeness (QED) is 0.663. The van der Waals surface area contributed by atoms with Gasteiger partial charge >= 0.3 is 0 Å². The van der Waals surface area contributed by atoms with E-state index in [1.165, 1.54) is 12.1 Å². The van der Waals surface area contributed by atoms with Gasteiger partial charge in [-0.2, -0.15) is 0 Å². The molecule has 0 unspecified atom stereocenters. The van der Waals surface area contributed by atoms with Crippen LogP contribution in [0.2, 0.25) is 0 Å². The van der Waals surface area contributed by atoms with Crippen LogP contribution in [0.15, 0.2) is 42.5 Å². The van der Waals surface area contributed by atoms with Crippen LogP contribution in [-0.2, 0) is 16.1 Å². The molecule has 0 atom stereocenters. The summed E-state index contributed by atoms with van der Waals surface area (Å²) in [5.74, 6) is -0.111. The predicted octanol–water partition coefficient (Wildman–Crippen LogP) is 3.75. The fourth-order valence-corrected chi connectivity index (χ4v) is 5.42. The molecule has 3 aliphatic rings. The Labute approximate surface area is 212 Å². The van der Waals surface area contributed by atoms with E-state index in [0.29, 0.717) is 37.6 Å². The van der Waals surface area contributed by atoms with Gasteiger partial charge in [0.2, 0.25) is 5.91 Å². The lowest BCUT2D eigenvalue weighted by atomic mass is 10.1. The number of carbonyl (C=O) groups excluding carboxylic acids is 2. The predicted molar refractivity (Wildman–Crippen MR) is 138 cm³/mol. The summed E-state index contributed by atoms with van der Waals surface area (Å²) in [7, 11) is 0. The second kappa shape index (κ2) is 11.4. The first-order valence-electron chi connectivity index (χ1n) is 13.1. The first-order valence-corrected chi connectivity index (χ1v) is 13.1. The number of carbonyl (C=O) groups is 2. The normalized spacial score (nSPS) is 19.5. The van der Waals surface area contributed by atoms with E-state index >= 15 is 0 Å². The number of hydrogen-bond acceptors (Lipinski definition) is 5. The molecule has 8 heteroatoms. The van der Waals surface area contributed by atoms with Crippen LogP contribution in [0.25, 0.3) is 0 Å². The number of rotatable bonds is 6. The number of nitrogens with zero attached hydrogens (tertiary/aromatic N) is 3. The average molecular weight is 495 g/mol. The van der Waals surface area contributed by atoms with Crippen molar-refractivity contribution in [2.45, 2.75) is 32.2 Å². The molecule has 1 N–H and O–H groups in total. The maximum atomic E-state index is 13.6. The van der Waals surface area contributed by atoms with Crippen LogP contribution >= 0.6 is 0 Å². The van der Waals surface area contributed by atoms with Crippen molar-refractivity contribution in [3.63, 3.8) is 0 Å². The Bertz CT molecular complexity index is 1060. The molecule has 192 valence electrons. The van der Waals surface area contributed by atoms with Gasteiger partial charge < -0.3 is 19.9 Å². The molecule has 36 heavy (non-hydrogen) atoms. The van der Waals surface area contributed by atoms with Gasteiger partial charge in [-0.25, -0.2) is 4.39 Å². The number of morpholine rings is 1. The third-order valence-electron chi connectivity index (χ3n) is 7.55. The Kier molecular flexibility index (Phi) is 7.82.